The lowest BCUT2D eigenvalue weighted by Gasteiger charge is -2.44. The van der Waals surface area contributed by atoms with E-state index in [1.165, 1.54) is 36.5 Å². The Morgan fingerprint density at radius 2 is 1.96 bits per heavy atom. The molecule has 2 amide bonds. The maximum Gasteiger partial charge on any atom is 0.437 e. The third-order valence-electron chi connectivity index (χ3n) is 3.58. The average molecular weight is 367 g/mol. The molecule has 0 aliphatic carbocycles. The maximum atomic E-state index is 13.4. The van der Waals surface area contributed by atoms with E-state index in [9.17, 15) is 27.9 Å². The van der Waals surface area contributed by atoms with Gasteiger partial charge in [0.05, 0.1) is 12.6 Å². The van der Waals surface area contributed by atoms with Crippen molar-refractivity contribution in [3.63, 3.8) is 0 Å². The molecule has 0 saturated carbocycles. The lowest BCUT2D eigenvalue weighted by molar-refractivity contribution is -0.294. The van der Waals surface area contributed by atoms with E-state index in [0.717, 1.165) is 0 Å². The van der Waals surface area contributed by atoms with Crippen LogP contribution in [0.25, 0.3) is 0 Å². The number of rotatable bonds is 3. The van der Waals surface area contributed by atoms with Gasteiger partial charge in [-0.2, -0.15) is 13.2 Å². The number of halogens is 4. The molecule has 1 aromatic rings. The van der Waals surface area contributed by atoms with E-state index in [4.69, 9.17) is 11.6 Å². The predicted octanol–water partition coefficient (Wildman–Crippen LogP) is 2.12. The molecule has 1 fully saturated rings. The zero-order valence-corrected chi connectivity index (χ0v) is 13.1. The molecular formula is C14H14ClF3N2O4. The van der Waals surface area contributed by atoms with Crippen molar-refractivity contribution in [2.24, 2.45) is 5.92 Å². The maximum absolute atomic E-state index is 13.4. The summed E-state index contributed by atoms with van der Waals surface area (Å²) < 4.78 is 44.8. The molecule has 1 aliphatic rings. The Kier molecular flexibility index (Phi) is 4.95. The van der Waals surface area contributed by atoms with Gasteiger partial charge in [0.25, 0.3) is 5.72 Å². The van der Waals surface area contributed by atoms with Crippen molar-refractivity contribution in [1.29, 1.82) is 0 Å². The highest BCUT2D eigenvalue weighted by Crippen LogP contribution is 2.43. The molecule has 132 valence electrons. The summed E-state index contributed by atoms with van der Waals surface area (Å²) >= 11 is 5.74. The SMILES string of the molecule is CCOC(=O)[C@H]1[C@@H](c2ccc(Cl)cc2)NC(=O)N[C@]1(O)C(F)(F)F. The number of amides is 2. The molecule has 2 rings (SSSR count). The van der Waals surface area contributed by atoms with Crippen LogP contribution < -0.4 is 10.6 Å². The fourth-order valence-electron chi connectivity index (χ4n) is 2.48. The number of ether oxygens (including phenoxy) is 1. The standard InChI is InChI=1S/C14H14ClF3N2O4/c1-2-24-11(21)9-10(7-3-5-8(15)6-4-7)19-12(22)20-13(9,23)14(16,17)18/h3-6,9-10,23H,2H2,1H3,(H2,19,20,22)/t9-,10-,13-/m1/s1. The van der Waals surface area contributed by atoms with Crippen LogP contribution >= 0.6 is 11.6 Å². The average Bonchev–Trinajstić information content (AvgIpc) is 2.46. The lowest BCUT2D eigenvalue weighted by Crippen LogP contribution is -2.73. The van der Waals surface area contributed by atoms with Crippen molar-refractivity contribution in [3.05, 3.63) is 34.9 Å². The summed E-state index contributed by atoms with van der Waals surface area (Å²) in [6.45, 7) is 1.22. The molecule has 3 atom stereocenters. The van der Waals surface area contributed by atoms with E-state index in [1.54, 1.807) is 0 Å². The third kappa shape index (κ3) is 3.27. The summed E-state index contributed by atoms with van der Waals surface area (Å²) in [6.07, 6.45) is -5.30. The molecule has 1 aliphatic heterocycles. The molecule has 10 heteroatoms. The molecule has 0 unspecified atom stereocenters. The van der Waals surface area contributed by atoms with E-state index in [0.29, 0.717) is 5.02 Å². The van der Waals surface area contributed by atoms with E-state index in [2.05, 4.69) is 10.1 Å². The smallest absolute Gasteiger partial charge is 0.437 e. The largest absolute Gasteiger partial charge is 0.466 e. The van der Waals surface area contributed by atoms with Gasteiger partial charge in [0, 0.05) is 5.02 Å². The lowest BCUT2D eigenvalue weighted by atomic mass is 9.82. The fourth-order valence-corrected chi connectivity index (χ4v) is 2.61. The Bertz CT molecular complexity index is 638. The van der Waals surface area contributed by atoms with Crippen LogP contribution in [0.15, 0.2) is 24.3 Å². The van der Waals surface area contributed by atoms with E-state index >= 15 is 0 Å². The number of carbonyl (C=O) groups is 2. The quantitative estimate of drug-likeness (QED) is 0.715. The predicted molar refractivity (Wildman–Crippen MR) is 77.0 cm³/mol. The minimum absolute atomic E-state index is 0.162. The highest BCUT2D eigenvalue weighted by atomic mass is 35.5. The van der Waals surface area contributed by atoms with Gasteiger partial charge >= 0.3 is 18.2 Å². The van der Waals surface area contributed by atoms with E-state index in [-0.39, 0.29) is 12.2 Å². The Morgan fingerprint density at radius 3 is 2.46 bits per heavy atom. The monoisotopic (exact) mass is 366 g/mol. The number of hydrogen-bond acceptors (Lipinski definition) is 4. The van der Waals surface area contributed by atoms with Crippen molar-refractivity contribution in [3.8, 4) is 0 Å². The van der Waals surface area contributed by atoms with Gasteiger partial charge in [0.1, 0.15) is 5.92 Å². The normalized spacial score (nSPS) is 27.2. The van der Waals surface area contributed by atoms with Crippen LogP contribution in [0.2, 0.25) is 5.02 Å². The molecule has 1 aromatic carbocycles. The Hall–Kier alpha value is -2.00. The third-order valence-corrected chi connectivity index (χ3v) is 3.83. The van der Waals surface area contributed by atoms with Crippen LogP contribution in [0.4, 0.5) is 18.0 Å². The highest BCUT2D eigenvalue weighted by Gasteiger charge is 2.67. The van der Waals surface area contributed by atoms with Gasteiger partial charge in [-0.15, -0.1) is 0 Å². The molecule has 0 aromatic heterocycles. The second kappa shape index (κ2) is 6.48. The number of urea groups is 1. The first kappa shape index (κ1) is 18.3. The van der Waals surface area contributed by atoms with Crippen molar-refractivity contribution in [2.45, 2.75) is 24.9 Å². The minimum atomic E-state index is -5.30. The number of hydrogen-bond donors (Lipinski definition) is 3. The first-order chi connectivity index (χ1) is 11.1. The summed E-state index contributed by atoms with van der Waals surface area (Å²) in [5.74, 6) is -3.44. The number of alkyl halides is 3. The molecule has 3 N–H and O–H groups in total. The molecule has 0 spiro atoms. The zero-order chi connectivity index (χ0) is 18.1. The second-order valence-electron chi connectivity index (χ2n) is 5.12. The molecule has 6 nitrogen and oxygen atoms in total. The minimum Gasteiger partial charge on any atom is -0.466 e. The summed E-state index contributed by atoms with van der Waals surface area (Å²) in [5.41, 5.74) is -3.61. The topological polar surface area (TPSA) is 87.7 Å². The molecule has 0 bridgehead atoms. The molecule has 0 radical (unpaired) electrons. The second-order valence-corrected chi connectivity index (χ2v) is 5.56. The Morgan fingerprint density at radius 1 is 1.38 bits per heavy atom. The molecule has 24 heavy (non-hydrogen) atoms. The van der Waals surface area contributed by atoms with Gasteiger partial charge in [-0.3, -0.25) is 4.79 Å². The first-order valence-electron chi connectivity index (χ1n) is 6.90. The molecule has 1 saturated heterocycles. The van der Waals surface area contributed by atoms with Gasteiger partial charge in [-0.1, -0.05) is 23.7 Å². The fraction of sp³-hybridized carbons (Fsp3) is 0.429. The van der Waals surface area contributed by atoms with Crippen molar-refractivity contribution in [2.75, 3.05) is 6.61 Å². The summed E-state index contributed by atoms with van der Waals surface area (Å²) in [5, 5.41) is 14.0. The van der Waals surface area contributed by atoms with Crippen LogP contribution in [0.5, 0.6) is 0 Å². The highest BCUT2D eigenvalue weighted by molar-refractivity contribution is 6.30. The van der Waals surface area contributed by atoms with Crippen LogP contribution in [0.1, 0.15) is 18.5 Å². The van der Waals surface area contributed by atoms with Crippen LogP contribution in [-0.2, 0) is 9.53 Å². The Balaban J connectivity index is 2.55. The van der Waals surface area contributed by atoms with Gasteiger partial charge in [-0.25, -0.2) is 4.79 Å². The van der Waals surface area contributed by atoms with Gasteiger partial charge < -0.3 is 20.5 Å². The first-order valence-corrected chi connectivity index (χ1v) is 7.28. The number of esters is 1. The van der Waals surface area contributed by atoms with Crippen LogP contribution in [0, 0.1) is 5.92 Å². The van der Waals surface area contributed by atoms with Crippen LogP contribution in [-0.4, -0.2) is 35.6 Å². The summed E-state index contributed by atoms with van der Waals surface area (Å²) in [7, 11) is 0. The number of carbonyl (C=O) groups excluding carboxylic acids is 2. The van der Waals surface area contributed by atoms with Gasteiger partial charge in [0.15, 0.2) is 0 Å². The zero-order valence-electron chi connectivity index (χ0n) is 12.4. The number of nitrogens with one attached hydrogen (secondary N) is 2. The van der Waals surface area contributed by atoms with E-state index < -0.39 is 35.9 Å². The number of benzene rings is 1. The van der Waals surface area contributed by atoms with Crippen LogP contribution in [0.3, 0.4) is 0 Å². The van der Waals surface area contributed by atoms with E-state index in [1.807, 2.05) is 0 Å². The Labute approximate surface area is 139 Å². The summed E-state index contributed by atoms with van der Waals surface area (Å²) in [4.78, 5) is 23.8. The van der Waals surface area contributed by atoms with Crippen molar-refractivity contribution in [1.82, 2.24) is 10.6 Å². The van der Waals surface area contributed by atoms with Crippen molar-refractivity contribution < 1.29 is 32.6 Å². The van der Waals surface area contributed by atoms with Gasteiger partial charge in [0.2, 0.25) is 0 Å². The van der Waals surface area contributed by atoms with Gasteiger partial charge in [-0.05, 0) is 24.6 Å². The number of aliphatic hydroxyl groups is 1. The van der Waals surface area contributed by atoms with Crippen molar-refractivity contribution >= 4 is 23.6 Å². The molecular weight excluding hydrogens is 353 g/mol. The summed E-state index contributed by atoms with van der Waals surface area (Å²) in [6, 6.07) is 2.75. The molecule has 1 heterocycles.